The summed E-state index contributed by atoms with van der Waals surface area (Å²) in [4.78, 5) is 25.8. The molecule has 4 N–H and O–H groups in total. The van der Waals surface area contributed by atoms with Crippen molar-refractivity contribution < 1.29 is 9.59 Å². The molecule has 0 bridgehead atoms. The number of hydrogen-bond donors (Lipinski definition) is 3. The molecule has 0 aliphatic carbocycles. The largest absolute Gasteiger partial charge is 0.321 e. The SMILES string of the molecule is NNC(=S)NC(=O)C(=O)N(c1ccccc1)c1ccccc1. The third-order valence-electron chi connectivity index (χ3n) is 2.78. The van der Waals surface area contributed by atoms with Crippen molar-refractivity contribution in [2.75, 3.05) is 4.90 Å². The van der Waals surface area contributed by atoms with Crippen LogP contribution < -0.4 is 21.5 Å². The van der Waals surface area contributed by atoms with E-state index in [2.05, 4.69) is 10.7 Å². The second-order valence-corrected chi connectivity index (χ2v) is 4.65. The number of carbonyl (C=O) groups is 2. The number of nitrogens with one attached hydrogen (secondary N) is 2. The standard InChI is InChI=1S/C15H14N4O2S/c16-18-15(22)17-13(20)14(21)19(11-7-3-1-4-8-11)12-9-5-2-6-10-12/h1-10H,16H2,(H2,17,18,20,22). The summed E-state index contributed by atoms with van der Waals surface area (Å²) >= 11 is 4.73. The van der Waals surface area contributed by atoms with E-state index in [0.29, 0.717) is 11.4 Å². The summed E-state index contributed by atoms with van der Waals surface area (Å²) in [5.74, 6) is 3.44. The molecule has 0 saturated heterocycles. The first-order valence-electron chi connectivity index (χ1n) is 6.39. The van der Waals surface area contributed by atoms with Gasteiger partial charge in [0.1, 0.15) is 0 Å². The second kappa shape index (κ2) is 7.30. The zero-order valence-corrected chi connectivity index (χ0v) is 12.3. The van der Waals surface area contributed by atoms with Crippen LogP contribution in [-0.4, -0.2) is 16.9 Å². The van der Waals surface area contributed by atoms with E-state index >= 15 is 0 Å². The zero-order valence-electron chi connectivity index (χ0n) is 11.5. The van der Waals surface area contributed by atoms with Crippen molar-refractivity contribution in [3.8, 4) is 0 Å². The van der Waals surface area contributed by atoms with E-state index in [0.717, 1.165) is 0 Å². The van der Waals surface area contributed by atoms with Crippen LogP contribution in [-0.2, 0) is 9.59 Å². The van der Waals surface area contributed by atoms with Gasteiger partial charge in [0.2, 0.25) is 0 Å². The summed E-state index contributed by atoms with van der Waals surface area (Å²) in [5.41, 5.74) is 3.24. The molecule has 0 aromatic heterocycles. The Morgan fingerprint density at radius 2 is 1.36 bits per heavy atom. The number of hydrazine groups is 1. The number of anilines is 2. The Bertz CT molecular complexity index is 637. The maximum atomic E-state index is 12.5. The van der Waals surface area contributed by atoms with Gasteiger partial charge in [-0.05, 0) is 36.5 Å². The van der Waals surface area contributed by atoms with Crippen molar-refractivity contribution in [3.05, 3.63) is 60.7 Å². The van der Waals surface area contributed by atoms with Crippen LogP contribution in [0.25, 0.3) is 0 Å². The fraction of sp³-hybridized carbons (Fsp3) is 0. The Labute approximate surface area is 132 Å². The monoisotopic (exact) mass is 314 g/mol. The summed E-state index contributed by atoms with van der Waals surface area (Å²) in [6.07, 6.45) is 0. The van der Waals surface area contributed by atoms with Crippen LogP contribution >= 0.6 is 12.2 Å². The summed E-state index contributed by atoms with van der Waals surface area (Å²) in [6, 6.07) is 17.7. The van der Waals surface area contributed by atoms with Crippen molar-refractivity contribution in [1.82, 2.24) is 10.7 Å². The van der Waals surface area contributed by atoms with Crippen molar-refractivity contribution in [3.63, 3.8) is 0 Å². The highest BCUT2D eigenvalue weighted by Crippen LogP contribution is 2.24. The third-order valence-corrected chi connectivity index (χ3v) is 3.00. The van der Waals surface area contributed by atoms with Crippen molar-refractivity contribution in [2.45, 2.75) is 0 Å². The number of thiocarbonyl (C=S) groups is 1. The van der Waals surface area contributed by atoms with E-state index < -0.39 is 11.8 Å². The first-order valence-corrected chi connectivity index (χ1v) is 6.80. The van der Waals surface area contributed by atoms with Gasteiger partial charge in [0, 0.05) is 11.4 Å². The van der Waals surface area contributed by atoms with Gasteiger partial charge in [0.25, 0.3) is 0 Å². The molecule has 0 saturated carbocycles. The smallest absolute Gasteiger partial charge is 0.301 e. The van der Waals surface area contributed by atoms with Gasteiger partial charge < -0.3 is 5.43 Å². The number of carbonyl (C=O) groups excluding carboxylic acids is 2. The van der Waals surface area contributed by atoms with Crippen LogP contribution in [0.15, 0.2) is 60.7 Å². The van der Waals surface area contributed by atoms with E-state index in [1.807, 2.05) is 12.1 Å². The Kier molecular flexibility index (Phi) is 5.18. The number of benzene rings is 2. The number of nitrogens with zero attached hydrogens (tertiary/aromatic N) is 1. The topological polar surface area (TPSA) is 87.5 Å². The Morgan fingerprint density at radius 3 is 1.77 bits per heavy atom. The lowest BCUT2D eigenvalue weighted by Gasteiger charge is -2.22. The average molecular weight is 314 g/mol. The molecule has 112 valence electrons. The van der Waals surface area contributed by atoms with Crippen LogP contribution in [0.5, 0.6) is 0 Å². The van der Waals surface area contributed by atoms with Gasteiger partial charge >= 0.3 is 11.8 Å². The quantitative estimate of drug-likeness (QED) is 0.336. The van der Waals surface area contributed by atoms with Gasteiger partial charge in [-0.2, -0.15) is 0 Å². The predicted molar refractivity (Wildman–Crippen MR) is 88.1 cm³/mol. The Balaban J connectivity index is 2.35. The van der Waals surface area contributed by atoms with Crippen molar-refractivity contribution in [1.29, 1.82) is 0 Å². The van der Waals surface area contributed by atoms with Crippen LogP contribution in [0.2, 0.25) is 0 Å². The fourth-order valence-corrected chi connectivity index (χ4v) is 1.92. The van der Waals surface area contributed by atoms with Crippen molar-refractivity contribution in [2.24, 2.45) is 5.84 Å². The number of nitrogens with two attached hydrogens (primary N) is 1. The van der Waals surface area contributed by atoms with Gasteiger partial charge in [0.15, 0.2) is 5.11 Å². The first-order chi connectivity index (χ1) is 10.6. The molecule has 0 aliphatic rings. The van der Waals surface area contributed by atoms with Crippen LogP contribution in [0.3, 0.4) is 0 Å². The van der Waals surface area contributed by atoms with E-state index in [1.54, 1.807) is 48.5 Å². The van der Waals surface area contributed by atoms with E-state index in [4.69, 9.17) is 18.1 Å². The van der Waals surface area contributed by atoms with Gasteiger partial charge in [-0.3, -0.25) is 19.8 Å². The Morgan fingerprint density at radius 1 is 0.909 bits per heavy atom. The molecule has 0 aliphatic heterocycles. The summed E-state index contributed by atoms with van der Waals surface area (Å²) in [7, 11) is 0. The number of amides is 2. The molecular formula is C15H14N4O2S. The van der Waals surface area contributed by atoms with Crippen LogP contribution in [0.1, 0.15) is 0 Å². The number of para-hydroxylation sites is 2. The molecule has 0 spiro atoms. The van der Waals surface area contributed by atoms with Gasteiger partial charge in [-0.15, -0.1) is 0 Å². The maximum Gasteiger partial charge on any atom is 0.321 e. The molecule has 2 aromatic rings. The molecule has 22 heavy (non-hydrogen) atoms. The molecule has 0 fully saturated rings. The minimum atomic E-state index is -0.879. The van der Waals surface area contributed by atoms with E-state index in [1.165, 1.54) is 4.90 Å². The lowest BCUT2D eigenvalue weighted by molar-refractivity contribution is -0.136. The minimum absolute atomic E-state index is 0.126. The molecule has 0 heterocycles. The van der Waals surface area contributed by atoms with Crippen molar-refractivity contribution >= 4 is 40.5 Å². The van der Waals surface area contributed by atoms with Crippen LogP contribution in [0.4, 0.5) is 11.4 Å². The molecule has 7 heteroatoms. The first kappa shape index (κ1) is 15.6. The lowest BCUT2D eigenvalue weighted by atomic mass is 10.2. The molecular weight excluding hydrogens is 300 g/mol. The summed E-state index contributed by atoms with van der Waals surface area (Å²) in [6.45, 7) is 0. The lowest BCUT2D eigenvalue weighted by Crippen LogP contribution is -2.48. The highest BCUT2D eigenvalue weighted by Gasteiger charge is 2.25. The minimum Gasteiger partial charge on any atom is -0.301 e. The average Bonchev–Trinajstić information content (AvgIpc) is 2.56. The van der Waals surface area contributed by atoms with Gasteiger partial charge in [-0.1, -0.05) is 36.4 Å². The molecule has 2 aromatic carbocycles. The third kappa shape index (κ3) is 3.66. The Hall–Kier alpha value is -2.77. The summed E-state index contributed by atoms with van der Waals surface area (Å²) in [5, 5.41) is 2.09. The molecule has 6 nitrogen and oxygen atoms in total. The predicted octanol–water partition coefficient (Wildman–Crippen LogP) is 1.22. The van der Waals surface area contributed by atoms with Crippen LogP contribution in [0, 0.1) is 0 Å². The molecule has 0 unspecified atom stereocenters. The second-order valence-electron chi connectivity index (χ2n) is 4.24. The van der Waals surface area contributed by atoms with E-state index in [-0.39, 0.29) is 5.11 Å². The van der Waals surface area contributed by atoms with Gasteiger partial charge in [-0.25, -0.2) is 5.84 Å². The van der Waals surface area contributed by atoms with Gasteiger partial charge in [0.05, 0.1) is 0 Å². The molecule has 0 atom stereocenters. The molecule has 2 amide bonds. The highest BCUT2D eigenvalue weighted by molar-refractivity contribution is 7.80. The number of hydrogen-bond acceptors (Lipinski definition) is 4. The number of rotatable bonds is 2. The summed E-state index contributed by atoms with van der Waals surface area (Å²) < 4.78 is 0. The normalized spacial score (nSPS) is 9.68. The highest BCUT2D eigenvalue weighted by atomic mass is 32.1. The molecule has 2 rings (SSSR count). The molecule has 0 radical (unpaired) electrons. The zero-order chi connectivity index (χ0) is 15.9. The maximum absolute atomic E-state index is 12.5. The van der Waals surface area contributed by atoms with E-state index in [9.17, 15) is 9.59 Å². The fourth-order valence-electron chi connectivity index (χ4n) is 1.83.